The lowest BCUT2D eigenvalue weighted by Crippen LogP contribution is -2.36. The minimum atomic E-state index is -0.194. The van der Waals surface area contributed by atoms with E-state index in [-0.39, 0.29) is 11.9 Å². The number of hydrogen-bond donors (Lipinski definition) is 2. The zero-order valence-electron chi connectivity index (χ0n) is 12.8. The third kappa shape index (κ3) is 3.58. The normalized spacial score (nSPS) is 25.4. The average molecular weight is 278 g/mol. The van der Waals surface area contributed by atoms with Crippen LogP contribution in [0.2, 0.25) is 0 Å². The second kappa shape index (κ2) is 6.23. The predicted octanol–water partition coefficient (Wildman–Crippen LogP) is 4.18. The van der Waals surface area contributed by atoms with Crippen molar-refractivity contribution in [3.8, 4) is 0 Å². The van der Waals surface area contributed by atoms with Gasteiger partial charge in [0.1, 0.15) is 5.82 Å². The maximum absolute atomic E-state index is 13.0. The van der Waals surface area contributed by atoms with Crippen molar-refractivity contribution in [2.75, 3.05) is 0 Å². The SMILES string of the molecule is CC(C)(C)C1CCC(C(NN)c2ccc(F)cc2)CC1. The van der Waals surface area contributed by atoms with Gasteiger partial charge < -0.3 is 0 Å². The van der Waals surface area contributed by atoms with E-state index in [0.29, 0.717) is 11.3 Å². The molecule has 1 saturated carbocycles. The minimum Gasteiger partial charge on any atom is -0.271 e. The van der Waals surface area contributed by atoms with E-state index < -0.39 is 0 Å². The second-order valence-corrected chi connectivity index (χ2v) is 7.17. The van der Waals surface area contributed by atoms with Crippen LogP contribution < -0.4 is 11.3 Å². The summed E-state index contributed by atoms with van der Waals surface area (Å²) in [5.74, 6) is 6.90. The van der Waals surface area contributed by atoms with Gasteiger partial charge in [0.05, 0.1) is 0 Å². The first-order valence-corrected chi connectivity index (χ1v) is 7.63. The third-order valence-corrected chi connectivity index (χ3v) is 4.88. The van der Waals surface area contributed by atoms with Crippen LogP contribution in [0.15, 0.2) is 24.3 Å². The molecular weight excluding hydrogens is 251 g/mol. The summed E-state index contributed by atoms with van der Waals surface area (Å²) in [5.41, 5.74) is 4.42. The van der Waals surface area contributed by atoms with E-state index in [0.717, 1.165) is 11.5 Å². The maximum atomic E-state index is 13.0. The van der Waals surface area contributed by atoms with Crippen LogP contribution in [-0.4, -0.2) is 0 Å². The Morgan fingerprint density at radius 2 is 1.65 bits per heavy atom. The Kier molecular flexibility index (Phi) is 4.82. The van der Waals surface area contributed by atoms with Crippen molar-refractivity contribution in [3.05, 3.63) is 35.6 Å². The molecule has 112 valence electrons. The van der Waals surface area contributed by atoms with Crippen LogP contribution in [0.5, 0.6) is 0 Å². The Hall–Kier alpha value is -0.930. The van der Waals surface area contributed by atoms with Gasteiger partial charge in [0.2, 0.25) is 0 Å². The maximum Gasteiger partial charge on any atom is 0.123 e. The van der Waals surface area contributed by atoms with Gasteiger partial charge in [-0.2, -0.15) is 0 Å². The molecule has 3 N–H and O–H groups in total. The molecule has 0 radical (unpaired) electrons. The van der Waals surface area contributed by atoms with E-state index in [2.05, 4.69) is 26.2 Å². The van der Waals surface area contributed by atoms with Crippen molar-refractivity contribution in [1.29, 1.82) is 0 Å². The highest BCUT2D eigenvalue weighted by Crippen LogP contribution is 2.43. The molecule has 0 spiro atoms. The van der Waals surface area contributed by atoms with E-state index in [1.165, 1.54) is 37.8 Å². The van der Waals surface area contributed by atoms with Gasteiger partial charge in [0.25, 0.3) is 0 Å². The van der Waals surface area contributed by atoms with Crippen LogP contribution in [0.25, 0.3) is 0 Å². The summed E-state index contributed by atoms with van der Waals surface area (Å²) in [5, 5.41) is 0. The number of rotatable bonds is 3. The summed E-state index contributed by atoms with van der Waals surface area (Å²) in [6.07, 6.45) is 4.89. The van der Waals surface area contributed by atoms with Crippen LogP contribution in [-0.2, 0) is 0 Å². The standard InChI is InChI=1S/C17H27FN2/c1-17(2,3)14-8-4-12(5-9-14)16(20-19)13-6-10-15(18)11-7-13/h6-7,10-12,14,16,20H,4-5,8-9,19H2,1-3H3. The summed E-state index contributed by atoms with van der Waals surface area (Å²) in [6, 6.07) is 6.85. The van der Waals surface area contributed by atoms with Crippen molar-refractivity contribution in [2.45, 2.75) is 52.5 Å². The largest absolute Gasteiger partial charge is 0.271 e. The molecule has 0 heterocycles. The molecule has 1 fully saturated rings. The van der Waals surface area contributed by atoms with Crippen LogP contribution in [0.1, 0.15) is 58.1 Å². The summed E-state index contributed by atoms with van der Waals surface area (Å²) < 4.78 is 13.0. The quantitative estimate of drug-likeness (QED) is 0.643. The molecule has 0 aromatic heterocycles. The van der Waals surface area contributed by atoms with Crippen molar-refractivity contribution in [2.24, 2.45) is 23.1 Å². The summed E-state index contributed by atoms with van der Waals surface area (Å²) >= 11 is 0. The zero-order chi connectivity index (χ0) is 14.8. The Morgan fingerprint density at radius 3 is 2.10 bits per heavy atom. The molecule has 1 unspecified atom stereocenters. The van der Waals surface area contributed by atoms with Crippen molar-refractivity contribution < 1.29 is 4.39 Å². The molecule has 1 aliphatic carbocycles. The highest BCUT2D eigenvalue weighted by atomic mass is 19.1. The number of halogens is 1. The van der Waals surface area contributed by atoms with Gasteiger partial charge in [-0.3, -0.25) is 11.3 Å². The smallest absolute Gasteiger partial charge is 0.123 e. The Labute approximate surface area is 121 Å². The van der Waals surface area contributed by atoms with Crippen LogP contribution in [0.4, 0.5) is 4.39 Å². The topological polar surface area (TPSA) is 38.0 Å². The molecule has 1 aromatic carbocycles. The lowest BCUT2D eigenvalue weighted by Gasteiger charge is -2.39. The molecule has 0 aliphatic heterocycles. The Morgan fingerprint density at radius 1 is 1.10 bits per heavy atom. The van der Waals surface area contributed by atoms with Gasteiger partial charge in [-0.25, -0.2) is 4.39 Å². The van der Waals surface area contributed by atoms with Crippen LogP contribution in [0.3, 0.4) is 0 Å². The monoisotopic (exact) mass is 278 g/mol. The molecule has 3 heteroatoms. The lowest BCUT2D eigenvalue weighted by molar-refractivity contribution is 0.132. The fraction of sp³-hybridized carbons (Fsp3) is 0.647. The first-order valence-electron chi connectivity index (χ1n) is 7.63. The predicted molar refractivity (Wildman–Crippen MR) is 81.4 cm³/mol. The van der Waals surface area contributed by atoms with Gasteiger partial charge in [-0.1, -0.05) is 32.9 Å². The summed E-state index contributed by atoms with van der Waals surface area (Å²) in [7, 11) is 0. The minimum absolute atomic E-state index is 0.136. The second-order valence-electron chi connectivity index (χ2n) is 7.17. The number of nitrogens with two attached hydrogens (primary N) is 1. The first-order chi connectivity index (χ1) is 9.41. The molecule has 20 heavy (non-hydrogen) atoms. The highest BCUT2D eigenvalue weighted by molar-refractivity contribution is 5.20. The van der Waals surface area contributed by atoms with E-state index >= 15 is 0 Å². The fourth-order valence-corrected chi connectivity index (χ4v) is 3.49. The van der Waals surface area contributed by atoms with E-state index in [1.807, 2.05) is 12.1 Å². The first kappa shape index (κ1) is 15.5. The van der Waals surface area contributed by atoms with Crippen molar-refractivity contribution >= 4 is 0 Å². The molecule has 1 aliphatic rings. The van der Waals surface area contributed by atoms with Crippen LogP contribution in [0, 0.1) is 23.1 Å². The Bertz CT molecular complexity index is 414. The fourth-order valence-electron chi connectivity index (χ4n) is 3.49. The van der Waals surface area contributed by atoms with Gasteiger partial charge in [-0.15, -0.1) is 0 Å². The van der Waals surface area contributed by atoms with Gasteiger partial charge >= 0.3 is 0 Å². The van der Waals surface area contributed by atoms with Gasteiger partial charge in [0.15, 0.2) is 0 Å². The molecular formula is C17H27FN2. The van der Waals surface area contributed by atoms with E-state index in [4.69, 9.17) is 5.84 Å². The van der Waals surface area contributed by atoms with E-state index in [1.54, 1.807) is 0 Å². The molecule has 1 aromatic rings. The van der Waals surface area contributed by atoms with E-state index in [9.17, 15) is 4.39 Å². The van der Waals surface area contributed by atoms with Gasteiger partial charge in [0, 0.05) is 6.04 Å². The molecule has 1 atom stereocenters. The van der Waals surface area contributed by atoms with Gasteiger partial charge in [-0.05, 0) is 60.6 Å². The summed E-state index contributed by atoms with van der Waals surface area (Å²) in [6.45, 7) is 6.99. The molecule has 2 nitrogen and oxygen atoms in total. The number of hydrazine groups is 1. The van der Waals surface area contributed by atoms with Crippen molar-refractivity contribution in [3.63, 3.8) is 0 Å². The molecule has 0 saturated heterocycles. The lowest BCUT2D eigenvalue weighted by atomic mass is 9.68. The third-order valence-electron chi connectivity index (χ3n) is 4.88. The molecule has 2 rings (SSSR count). The summed E-state index contributed by atoms with van der Waals surface area (Å²) in [4.78, 5) is 0. The van der Waals surface area contributed by atoms with Crippen molar-refractivity contribution in [1.82, 2.24) is 5.43 Å². The zero-order valence-corrected chi connectivity index (χ0v) is 12.8. The highest BCUT2D eigenvalue weighted by Gasteiger charge is 2.33. The van der Waals surface area contributed by atoms with Crippen LogP contribution >= 0.6 is 0 Å². The molecule has 0 bridgehead atoms. The Balaban J connectivity index is 2.02. The molecule has 0 amide bonds. The number of nitrogens with one attached hydrogen (secondary N) is 1. The number of hydrogen-bond acceptors (Lipinski definition) is 2. The number of benzene rings is 1. The average Bonchev–Trinajstić information content (AvgIpc) is 2.41.